The fourth-order valence-electron chi connectivity index (χ4n) is 1.99. The lowest BCUT2D eigenvalue weighted by atomic mass is 10.2. The van der Waals surface area contributed by atoms with Crippen LogP contribution in [0.3, 0.4) is 0 Å². The van der Waals surface area contributed by atoms with Crippen molar-refractivity contribution in [1.29, 1.82) is 0 Å². The summed E-state index contributed by atoms with van der Waals surface area (Å²) in [7, 11) is 0. The first kappa shape index (κ1) is 15.8. The van der Waals surface area contributed by atoms with E-state index in [4.69, 9.17) is 0 Å². The Morgan fingerprint density at radius 2 is 2.18 bits per heavy atom. The minimum atomic E-state index is -4.80. The van der Waals surface area contributed by atoms with Gasteiger partial charge in [0.25, 0.3) is 0 Å². The van der Waals surface area contributed by atoms with Gasteiger partial charge < -0.3 is 4.74 Å². The van der Waals surface area contributed by atoms with Crippen molar-refractivity contribution in [2.24, 2.45) is 0 Å². The van der Waals surface area contributed by atoms with Crippen LogP contribution in [0.25, 0.3) is 5.69 Å². The third-order valence-electron chi connectivity index (χ3n) is 2.88. The molecule has 2 heterocycles. The molecule has 118 valence electrons. The zero-order valence-electron chi connectivity index (χ0n) is 11.8. The van der Waals surface area contributed by atoms with Gasteiger partial charge in [0.05, 0.1) is 18.5 Å². The molecule has 0 aliphatic carbocycles. The maximum atomic E-state index is 13.3. The van der Waals surface area contributed by atoms with Crippen LogP contribution in [0.5, 0.6) is 0 Å². The summed E-state index contributed by atoms with van der Waals surface area (Å²) in [6, 6.07) is 1.26. The lowest BCUT2D eigenvalue weighted by Crippen LogP contribution is -2.29. The van der Waals surface area contributed by atoms with Crippen LogP contribution in [-0.4, -0.2) is 27.6 Å². The molecule has 0 saturated heterocycles. The van der Waals surface area contributed by atoms with Gasteiger partial charge in [-0.25, -0.2) is 9.48 Å². The monoisotopic (exact) mass is 316 g/mol. The molecule has 0 amide bonds. The van der Waals surface area contributed by atoms with Crippen molar-refractivity contribution in [2.45, 2.75) is 20.0 Å². The standard InChI is InChI=1S/C13H13F3N3O3/c1-3-22-12(20)9-6-17-19(11(9)13(14,15)16)10-4-5-18(21)7-8(10)2/h4-7,21H,3H2,1-2H3/q+1. The number of rotatable bonds is 3. The zero-order valence-corrected chi connectivity index (χ0v) is 11.8. The topological polar surface area (TPSA) is 68.2 Å². The van der Waals surface area contributed by atoms with E-state index in [9.17, 15) is 23.2 Å². The Hall–Kier alpha value is -2.58. The molecule has 9 heteroatoms. The molecule has 0 saturated carbocycles. The van der Waals surface area contributed by atoms with Gasteiger partial charge in [0.1, 0.15) is 5.56 Å². The number of aromatic nitrogens is 3. The predicted molar refractivity (Wildman–Crippen MR) is 66.6 cm³/mol. The Bertz CT molecular complexity index is 710. The SMILES string of the molecule is CCOC(=O)c1cnn(-c2cc[n+](O)cc2C)c1C(F)(F)F. The Morgan fingerprint density at radius 3 is 2.73 bits per heavy atom. The Labute approximate surface area is 123 Å². The second kappa shape index (κ2) is 5.66. The summed E-state index contributed by atoms with van der Waals surface area (Å²) >= 11 is 0. The molecular formula is C13H13F3N3O3+. The highest BCUT2D eigenvalue weighted by atomic mass is 19.4. The second-order valence-electron chi connectivity index (χ2n) is 4.43. The van der Waals surface area contributed by atoms with Gasteiger partial charge in [0.15, 0.2) is 5.69 Å². The van der Waals surface area contributed by atoms with E-state index in [2.05, 4.69) is 9.84 Å². The van der Waals surface area contributed by atoms with Crippen molar-refractivity contribution in [3.8, 4) is 5.69 Å². The molecule has 2 aromatic rings. The summed E-state index contributed by atoms with van der Waals surface area (Å²) in [5.74, 6) is -1.09. The van der Waals surface area contributed by atoms with Crippen molar-refractivity contribution in [2.75, 3.05) is 6.61 Å². The number of aryl methyl sites for hydroxylation is 1. The van der Waals surface area contributed by atoms with Gasteiger partial charge in [-0.3, -0.25) is 5.21 Å². The molecule has 0 fully saturated rings. The maximum Gasteiger partial charge on any atom is 0.434 e. The third-order valence-corrected chi connectivity index (χ3v) is 2.88. The van der Waals surface area contributed by atoms with Crippen LogP contribution < -0.4 is 4.73 Å². The zero-order chi connectivity index (χ0) is 16.5. The number of pyridine rings is 1. The van der Waals surface area contributed by atoms with E-state index in [1.807, 2.05) is 0 Å². The first-order valence-electron chi connectivity index (χ1n) is 6.29. The molecule has 6 nitrogen and oxygen atoms in total. The quantitative estimate of drug-likeness (QED) is 0.533. The van der Waals surface area contributed by atoms with E-state index >= 15 is 0 Å². The van der Waals surface area contributed by atoms with E-state index in [1.54, 1.807) is 0 Å². The number of halogens is 3. The first-order chi connectivity index (χ1) is 10.3. The Morgan fingerprint density at radius 1 is 1.50 bits per heavy atom. The molecule has 22 heavy (non-hydrogen) atoms. The molecule has 0 bridgehead atoms. The number of carbonyl (C=O) groups excluding carboxylic acids is 1. The summed E-state index contributed by atoms with van der Waals surface area (Å²) in [6.07, 6.45) is -1.59. The average Bonchev–Trinajstić information content (AvgIpc) is 2.83. The summed E-state index contributed by atoms with van der Waals surface area (Å²) < 4.78 is 45.9. The molecule has 0 aliphatic rings. The van der Waals surface area contributed by atoms with Crippen molar-refractivity contribution < 1.29 is 32.6 Å². The first-order valence-corrected chi connectivity index (χ1v) is 6.29. The summed E-state index contributed by atoms with van der Waals surface area (Å²) in [6.45, 7) is 2.96. The van der Waals surface area contributed by atoms with E-state index in [0.29, 0.717) is 15.0 Å². The largest absolute Gasteiger partial charge is 0.462 e. The lowest BCUT2D eigenvalue weighted by Gasteiger charge is -2.12. The van der Waals surface area contributed by atoms with Crippen molar-refractivity contribution >= 4 is 5.97 Å². The molecule has 2 aromatic heterocycles. The number of alkyl halides is 3. The highest BCUT2D eigenvalue weighted by Crippen LogP contribution is 2.34. The number of hydrogen-bond acceptors (Lipinski definition) is 4. The molecule has 0 atom stereocenters. The average molecular weight is 316 g/mol. The number of hydrogen-bond donors (Lipinski definition) is 1. The van der Waals surface area contributed by atoms with Crippen LogP contribution in [0.1, 0.15) is 28.5 Å². The molecular weight excluding hydrogens is 303 g/mol. The molecule has 1 N–H and O–H groups in total. The van der Waals surface area contributed by atoms with Gasteiger partial charge in [-0.15, -0.1) is 0 Å². The normalized spacial score (nSPS) is 11.5. The van der Waals surface area contributed by atoms with Crippen LogP contribution in [0.2, 0.25) is 0 Å². The Kier molecular flexibility index (Phi) is 4.07. The van der Waals surface area contributed by atoms with E-state index in [-0.39, 0.29) is 12.3 Å². The maximum absolute atomic E-state index is 13.3. The highest BCUT2D eigenvalue weighted by molar-refractivity contribution is 5.90. The van der Waals surface area contributed by atoms with Gasteiger partial charge in [-0.1, -0.05) is 0 Å². The van der Waals surface area contributed by atoms with Gasteiger partial charge in [-0.2, -0.15) is 18.3 Å². The number of nitrogens with zero attached hydrogens (tertiary/aromatic N) is 3. The van der Waals surface area contributed by atoms with Crippen LogP contribution in [0.4, 0.5) is 13.2 Å². The van der Waals surface area contributed by atoms with Crippen molar-refractivity contribution in [1.82, 2.24) is 9.78 Å². The number of esters is 1. The molecule has 0 aliphatic heterocycles. The van der Waals surface area contributed by atoms with Crippen molar-refractivity contribution in [3.05, 3.63) is 41.5 Å². The van der Waals surface area contributed by atoms with Crippen LogP contribution in [0, 0.1) is 6.92 Å². The van der Waals surface area contributed by atoms with Gasteiger partial charge >= 0.3 is 12.1 Å². The highest BCUT2D eigenvalue weighted by Gasteiger charge is 2.41. The van der Waals surface area contributed by atoms with Gasteiger partial charge in [0, 0.05) is 16.4 Å². The molecule has 2 rings (SSSR count). The van der Waals surface area contributed by atoms with E-state index in [0.717, 1.165) is 12.4 Å². The number of carbonyl (C=O) groups is 1. The summed E-state index contributed by atoms with van der Waals surface area (Å²) in [5, 5.41) is 12.9. The van der Waals surface area contributed by atoms with E-state index < -0.39 is 23.4 Å². The third kappa shape index (κ3) is 2.87. The van der Waals surface area contributed by atoms with Gasteiger partial charge in [0.2, 0.25) is 12.4 Å². The Balaban J connectivity index is 2.64. The van der Waals surface area contributed by atoms with Crippen LogP contribution >= 0.6 is 0 Å². The smallest absolute Gasteiger partial charge is 0.434 e. The molecule has 0 aromatic carbocycles. The van der Waals surface area contributed by atoms with Crippen LogP contribution in [0.15, 0.2) is 24.7 Å². The summed E-state index contributed by atoms with van der Waals surface area (Å²) in [4.78, 5) is 11.7. The van der Waals surface area contributed by atoms with E-state index in [1.165, 1.54) is 26.1 Å². The molecule has 0 unspecified atom stereocenters. The van der Waals surface area contributed by atoms with Crippen molar-refractivity contribution in [3.63, 3.8) is 0 Å². The molecule has 0 radical (unpaired) electrons. The fourth-order valence-corrected chi connectivity index (χ4v) is 1.99. The minimum absolute atomic E-state index is 0.0454. The van der Waals surface area contributed by atoms with Crippen LogP contribution in [-0.2, 0) is 10.9 Å². The minimum Gasteiger partial charge on any atom is -0.462 e. The second-order valence-corrected chi connectivity index (χ2v) is 4.43. The summed E-state index contributed by atoms with van der Waals surface area (Å²) in [5.41, 5.74) is -1.44. The number of ether oxygens (including phenoxy) is 1. The lowest BCUT2D eigenvalue weighted by molar-refractivity contribution is -0.905. The molecule has 0 spiro atoms. The fraction of sp³-hybridized carbons (Fsp3) is 0.308. The van der Waals surface area contributed by atoms with Gasteiger partial charge in [-0.05, 0) is 13.8 Å². The predicted octanol–water partition coefficient (Wildman–Crippen LogP) is 1.90.